The van der Waals surface area contributed by atoms with Gasteiger partial charge in [0.2, 0.25) is 0 Å². The highest BCUT2D eigenvalue weighted by atomic mass is 32.2. The molecule has 1 aromatic rings. The van der Waals surface area contributed by atoms with E-state index in [-0.39, 0.29) is 0 Å². The first-order chi connectivity index (χ1) is 15.3. The van der Waals surface area contributed by atoms with Crippen molar-refractivity contribution in [1.82, 2.24) is 5.32 Å². The van der Waals surface area contributed by atoms with Gasteiger partial charge in [-0.3, -0.25) is 0 Å². The number of allylic oxidation sites excluding steroid dienone is 4. The summed E-state index contributed by atoms with van der Waals surface area (Å²) in [5, 5.41) is 3.09. The van der Waals surface area contributed by atoms with Gasteiger partial charge >= 0.3 is 0 Å². The molecule has 1 heterocycles. The van der Waals surface area contributed by atoms with E-state index in [1.165, 1.54) is 41.0 Å². The summed E-state index contributed by atoms with van der Waals surface area (Å²) in [6.45, 7) is 24.8. The van der Waals surface area contributed by atoms with Gasteiger partial charge in [0.1, 0.15) is 0 Å². The van der Waals surface area contributed by atoms with Crippen LogP contribution < -0.4 is 10.2 Å². The van der Waals surface area contributed by atoms with E-state index in [0.29, 0.717) is 0 Å². The number of hydrogen-bond donors (Lipinski definition) is 1. The molecule has 1 aromatic carbocycles. The Kier molecular flexibility index (Phi) is 15.9. The largest absolute Gasteiger partial charge is 0.388 e. The van der Waals surface area contributed by atoms with Crippen molar-refractivity contribution in [2.75, 3.05) is 25.0 Å². The highest BCUT2D eigenvalue weighted by Crippen LogP contribution is 2.40. The second-order valence-corrected chi connectivity index (χ2v) is 9.17. The lowest BCUT2D eigenvalue weighted by Gasteiger charge is -2.31. The van der Waals surface area contributed by atoms with Gasteiger partial charge in [-0.2, -0.15) is 0 Å². The van der Waals surface area contributed by atoms with Crippen molar-refractivity contribution < 1.29 is 0 Å². The fourth-order valence-electron chi connectivity index (χ4n) is 3.21. The Morgan fingerprint density at radius 1 is 1.09 bits per heavy atom. The topological polar surface area (TPSA) is 15.3 Å². The van der Waals surface area contributed by atoms with Crippen LogP contribution in [0.1, 0.15) is 65.0 Å². The van der Waals surface area contributed by atoms with E-state index in [1.807, 2.05) is 59.9 Å². The summed E-state index contributed by atoms with van der Waals surface area (Å²) in [5.41, 5.74) is 6.08. The number of rotatable bonds is 7. The number of nitrogens with zero attached hydrogens (tertiary/aromatic N) is 1. The molecule has 0 amide bonds. The Bertz CT molecular complexity index is 813. The molecule has 1 aliphatic heterocycles. The van der Waals surface area contributed by atoms with Gasteiger partial charge in [-0.1, -0.05) is 75.3 Å². The molecule has 0 saturated carbocycles. The fourth-order valence-corrected chi connectivity index (χ4v) is 4.48. The molecule has 0 aromatic heterocycles. The van der Waals surface area contributed by atoms with Crippen molar-refractivity contribution >= 4 is 34.5 Å². The molecule has 4 heteroatoms. The van der Waals surface area contributed by atoms with E-state index in [9.17, 15) is 0 Å². The van der Waals surface area contributed by atoms with Crippen LogP contribution in [0, 0.1) is 13.8 Å². The van der Waals surface area contributed by atoms with E-state index < -0.39 is 0 Å². The minimum Gasteiger partial charge on any atom is -0.388 e. The predicted octanol–water partition coefficient (Wildman–Crippen LogP) is 8.56. The van der Waals surface area contributed by atoms with Crippen LogP contribution in [-0.2, 0) is 0 Å². The number of hydrogen-bond acceptors (Lipinski definition) is 4. The van der Waals surface area contributed by atoms with Crippen LogP contribution in [-0.4, -0.2) is 25.0 Å². The maximum absolute atomic E-state index is 4.96. The van der Waals surface area contributed by atoms with Gasteiger partial charge in [-0.25, -0.2) is 0 Å². The summed E-state index contributed by atoms with van der Waals surface area (Å²) in [7, 11) is 1.89. The van der Waals surface area contributed by atoms with Crippen molar-refractivity contribution in [3.05, 3.63) is 70.8 Å². The highest BCUT2D eigenvalue weighted by Gasteiger charge is 2.18. The normalized spacial score (nSPS) is 13.5. The number of benzene rings is 1. The molecule has 0 spiro atoms. The SMILES string of the molecule is C/C=C\C(=C/C)C(C)=S.C=C(NC)C(=C)Sc1c(N2CCCCC2)ccc(C)c1C.CC. The molecule has 0 bridgehead atoms. The molecule has 1 saturated heterocycles. The zero-order valence-corrected chi connectivity index (χ0v) is 23.2. The van der Waals surface area contributed by atoms with Crippen molar-refractivity contribution in [2.24, 2.45) is 0 Å². The number of anilines is 1. The number of piperidine rings is 1. The lowest BCUT2D eigenvalue weighted by atomic mass is 10.1. The van der Waals surface area contributed by atoms with Crippen LogP contribution in [0.4, 0.5) is 5.69 Å². The van der Waals surface area contributed by atoms with Crippen LogP contribution in [0.3, 0.4) is 0 Å². The molecule has 0 radical (unpaired) electrons. The molecule has 32 heavy (non-hydrogen) atoms. The Morgan fingerprint density at radius 3 is 2.12 bits per heavy atom. The molecule has 0 atom stereocenters. The molecule has 2 nitrogen and oxygen atoms in total. The summed E-state index contributed by atoms with van der Waals surface area (Å²) >= 11 is 6.70. The molecule has 2 rings (SSSR count). The zero-order valence-electron chi connectivity index (χ0n) is 21.6. The van der Waals surface area contributed by atoms with Gasteiger partial charge in [0.05, 0.1) is 5.69 Å². The van der Waals surface area contributed by atoms with Gasteiger partial charge < -0.3 is 10.2 Å². The molecule has 1 aliphatic rings. The second-order valence-electron chi connectivity index (χ2n) is 7.46. The monoisotopic (exact) mass is 472 g/mol. The van der Waals surface area contributed by atoms with Gasteiger partial charge in [0.15, 0.2) is 0 Å². The molecular weight excluding hydrogens is 428 g/mol. The number of thiocarbonyl (C=S) groups is 1. The number of nitrogens with one attached hydrogen (secondary N) is 1. The second kappa shape index (κ2) is 16.8. The first-order valence-corrected chi connectivity index (χ1v) is 12.9. The van der Waals surface area contributed by atoms with Crippen LogP contribution in [0.15, 0.2) is 64.6 Å². The lowest BCUT2D eigenvalue weighted by molar-refractivity contribution is 0.575. The first kappa shape index (κ1) is 30.2. The summed E-state index contributed by atoms with van der Waals surface area (Å²) < 4.78 is 0. The Balaban J connectivity index is 0.000000738. The average molecular weight is 473 g/mol. The minimum absolute atomic E-state index is 0.894. The number of likely N-dealkylation sites (N-methyl/N-ethyl adjacent to an activating group) is 1. The fraction of sp³-hybridized carbons (Fsp3) is 0.464. The standard InChI is InChI=1S/C18H26N2S.C8H12S.C2H6/c1-13-9-10-17(20-11-7-6-8-12-20)18(14(13)2)21-16(4)15(3)19-5;1-4-6-8(5-2)7(3)9;1-2/h9-10,19H,3-4,6-8,11-12H2,1-2,5H3;4-6H,1-3H3;1-2H3/b;6-4-,8-5+;. The van der Waals surface area contributed by atoms with Crippen LogP contribution in [0.25, 0.3) is 0 Å². The molecule has 0 aliphatic carbocycles. The van der Waals surface area contributed by atoms with E-state index in [0.717, 1.165) is 34.1 Å². The molecule has 1 fully saturated rings. The molecule has 1 N–H and O–H groups in total. The van der Waals surface area contributed by atoms with Crippen molar-refractivity contribution in [2.45, 2.75) is 72.6 Å². The molecule has 178 valence electrons. The van der Waals surface area contributed by atoms with Gasteiger partial charge in [-0.15, -0.1) is 0 Å². The summed E-state index contributed by atoms with van der Waals surface area (Å²) in [4.78, 5) is 5.80. The third kappa shape index (κ3) is 9.79. The van der Waals surface area contributed by atoms with Crippen LogP contribution in [0.5, 0.6) is 0 Å². The van der Waals surface area contributed by atoms with E-state index in [2.05, 4.69) is 49.4 Å². The Hall–Kier alpha value is -1.78. The van der Waals surface area contributed by atoms with E-state index in [4.69, 9.17) is 12.2 Å². The summed E-state index contributed by atoms with van der Waals surface area (Å²) in [6, 6.07) is 4.50. The Labute approximate surface area is 207 Å². The third-order valence-electron chi connectivity index (χ3n) is 5.28. The van der Waals surface area contributed by atoms with Gasteiger partial charge in [0, 0.05) is 40.5 Å². The average Bonchev–Trinajstić information content (AvgIpc) is 2.82. The van der Waals surface area contributed by atoms with Crippen LogP contribution in [0.2, 0.25) is 0 Å². The molecular formula is C28H44N2S2. The minimum atomic E-state index is 0.894. The van der Waals surface area contributed by atoms with Crippen molar-refractivity contribution in [3.8, 4) is 0 Å². The predicted molar refractivity (Wildman–Crippen MR) is 153 cm³/mol. The van der Waals surface area contributed by atoms with Gasteiger partial charge in [0.25, 0.3) is 0 Å². The van der Waals surface area contributed by atoms with Crippen LogP contribution >= 0.6 is 24.0 Å². The van der Waals surface area contributed by atoms with E-state index >= 15 is 0 Å². The van der Waals surface area contributed by atoms with Gasteiger partial charge in [-0.05, 0) is 76.6 Å². The summed E-state index contributed by atoms with van der Waals surface area (Å²) in [5.74, 6) is 0. The quantitative estimate of drug-likeness (QED) is 0.185. The third-order valence-corrected chi connectivity index (χ3v) is 6.73. The Morgan fingerprint density at radius 2 is 1.69 bits per heavy atom. The first-order valence-electron chi connectivity index (χ1n) is 11.7. The maximum Gasteiger partial charge on any atom is 0.0510 e. The highest BCUT2D eigenvalue weighted by molar-refractivity contribution is 8.03. The zero-order chi connectivity index (χ0) is 24.7. The lowest BCUT2D eigenvalue weighted by Crippen LogP contribution is -2.30. The van der Waals surface area contributed by atoms with Crippen molar-refractivity contribution in [1.29, 1.82) is 0 Å². The molecule has 0 unspecified atom stereocenters. The van der Waals surface area contributed by atoms with Crippen molar-refractivity contribution in [3.63, 3.8) is 0 Å². The maximum atomic E-state index is 4.96. The number of thioether (sulfide) groups is 1. The number of aryl methyl sites for hydroxylation is 1. The van der Waals surface area contributed by atoms with E-state index in [1.54, 1.807) is 11.8 Å². The smallest absolute Gasteiger partial charge is 0.0510 e. The summed E-state index contributed by atoms with van der Waals surface area (Å²) in [6.07, 6.45) is 9.96.